The third-order valence-electron chi connectivity index (χ3n) is 3.03. The van der Waals surface area contributed by atoms with Gasteiger partial charge in [-0.05, 0) is 38.2 Å². The van der Waals surface area contributed by atoms with Crippen molar-refractivity contribution < 1.29 is 9.53 Å². The van der Waals surface area contributed by atoms with Gasteiger partial charge in [-0.15, -0.1) is 0 Å². The highest BCUT2D eigenvalue weighted by Gasteiger charge is 2.11. The zero-order chi connectivity index (χ0) is 14.3. The predicted octanol–water partition coefficient (Wildman–Crippen LogP) is 3.65. The maximum absolute atomic E-state index is 12.1. The molecule has 0 amide bonds. The van der Waals surface area contributed by atoms with Crippen LogP contribution in [0.15, 0.2) is 18.2 Å². The van der Waals surface area contributed by atoms with Crippen LogP contribution in [-0.4, -0.2) is 37.9 Å². The number of unbranched alkanes of at least 4 members (excludes halogenated alkanes) is 2. The summed E-state index contributed by atoms with van der Waals surface area (Å²) < 4.78 is 5.07. The lowest BCUT2D eigenvalue weighted by Gasteiger charge is -2.15. The molecule has 0 heterocycles. The molecule has 0 N–H and O–H groups in total. The van der Waals surface area contributed by atoms with E-state index < -0.39 is 0 Å². The van der Waals surface area contributed by atoms with Gasteiger partial charge in [-0.2, -0.15) is 0 Å². The van der Waals surface area contributed by atoms with Crippen LogP contribution in [0.1, 0.15) is 36.5 Å². The first kappa shape index (κ1) is 16.0. The Labute approximate surface area is 120 Å². The van der Waals surface area contributed by atoms with E-state index in [4.69, 9.17) is 16.3 Å². The highest BCUT2D eigenvalue weighted by Crippen LogP contribution is 2.25. The predicted molar refractivity (Wildman–Crippen MR) is 79.4 cm³/mol. The minimum atomic E-state index is 0.0866. The molecule has 4 heteroatoms. The average Bonchev–Trinajstić information content (AvgIpc) is 2.38. The molecule has 0 saturated heterocycles. The Bertz CT molecular complexity index is 421. The van der Waals surface area contributed by atoms with Gasteiger partial charge >= 0.3 is 0 Å². The number of benzene rings is 1. The van der Waals surface area contributed by atoms with Crippen LogP contribution in [0.2, 0.25) is 5.02 Å². The fourth-order valence-electron chi connectivity index (χ4n) is 1.89. The lowest BCUT2D eigenvalue weighted by Crippen LogP contribution is -2.27. The summed E-state index contributed by atoms with van der Waals surface area (Å²) in [4.78, 5) is 14.2. The third-order valence-corrected chi connectivity index (χ3v) is 3.33. The lowest BCUT2D eigenvalue weighted by atomic mass is 10.1. The molecule has 1 aromatic carbocycles. The van der Waals surface area contributed by atoms with Crippen LogP contribution >= 0.6 is 11.6 Å². The molecule has 0 aliphatic carbocycles. The minimum Gasteiger partial charge on any atom is -0.495 e. The van der Waals surface area contributed by atoms with E-state index in [-0.39, 0.29) is 5.78 Å². The van der Waals surface area contributed by atoms with Gasteiger partial charge in [0.05, 0.1) is 18.7 Å². The first-order valence-electron chi connectivity index (χ1n) is 6.63. The maximum Gasteiger partial charge on any atom is 0.176 e. The molecule has 0 radical (unpaired) electrons. The second kappa shape index (κ2) is 8.18. The summed E-state index contributed by atoms with van der Waals surface area (Å²) in [6.45, 7) is 3.54. The molecule has 0 saturated carbocycles. The third kappa shape index (κ3) is 5.21. The van der Waals surface area contributed by atoms with Gasteiger partial charge in [0.1, 0.15) is 5.75 Å². The Balaban J connectivity index is 2.55. The second-order valence-electron chi connectivity index (χ2n) is 4.72. The largest absolute Gasteiger partial charge is 0.495 e. The van der Waals surface area contributed by atoms with Gasteiger partial charge in [-0.1, -0.05) is 31.4 Å². The molecule has 0 bridgehead atoms. The minimum absolute atomic E-state index is 0.0866. The topological polar surface area (TPSA) is 29.5 Å². The van der Waals surface area contributed by atoms with Crippen LogP contribution in [0.4, 0.5) is 0 Å². The first-order chi connectivity index (χ1) is 9.08. The van der Waals surface area contributed by atoms with E-state index in [0.29, 0.717) is 22.9 Å². The number of methoxy groups -OCH3 is 1. The molecule has 3 nitrogen and oxygen atoms in total. The molecule has 19 heavy (non-hydrogen) atoms. The van der Waals surface area contributed by atoms with Crippen molar-refractivity contribution in [2.24, 2.45) is 0 Å². The molecule has 0 unspecified atom stereocenters. The number of Topliss-reactive ketones (excluding diaryl/α,β-unsaturated/α-hetero) is 1. The zero-order valence-corrected chi connectivity index (χ0v) is 12.7. The molecule has 0 spiro atoms. The number of hydrogen-bond acceptors (Lipinski definition) is 3. The Kier molecular flexibility index (Phi) is 6.89. The fraction of sp³-hybridized carbons (Fsp3) is 0.533. The normalized spacial score (nSPS) is 10.8. The number of carbonyl (C=O) groups excluding carboxylic acids is 1. The van der Waals surface area contributed by atoms with Crippen LogP contribution in [0.3, 0.4) is 0 Å². The number of ether oxygens (including phenoxy) is 1. The van der Waals surface area contributed by atoms with Gasteiger partial charge in [0.2, 0.25) is 0 Å². The summed E-state index contributed by atoms with van der Waals surface area (Å²) >= 11 is 6.02. The van der Waals surface area contributed by atoms with Crippen LogP contribution < -0.4 is 4.74 Å². The SMILES string of the molecule is CCCCCN(C)CC(=O)c1ccc(OC)c(Cl)c1. The molecule has 0 aliphatic heterocycles. The van der Waals surface area contributed by atoms with Gasteiger partial charge in [0.25, 0.3) is 0 Å². The summed E-state index contributed by atoms with van der Waals surface area (Å²) in [5.74, 6) is 0.679. The number of rotatable bonds is 8. The van der Waals surface area contributed by atoms with Crippen molar-refractivity contribution >= 4 is 17.4 Å². The molecule has 1 aromatic rings. The van der Waals surface area contributed by atoms with E-state index in [0.717, 1.165) is 13.0 Å². The van der Waals surface area contributed by atoms with Gasteiger partial charge in [-0.3, -0.25) is 9.69 Å². The standard InChI is InChI=1S/C15H22ClNO2/c1-4-5-6-9-17(2)11-14(18)12-7-8-15(19-3)13(16)10-12/h7-8,10H,4-6,9,11H2,1-3H3. The summed E-state index contributed by atoms with van der Waals surface area (Å²) in [6.07, 6.45) is 3.52. The Morgan fingerprint density at radius 2 is 2.11 bits per heavy atom. The fourth-order valence-corrected chi connectivity index (χ4v) is 2.14. The van der Waals surface area contributed by atoms with Crippen LogP contribution in [0, 0.1) is 0 Å². The number of carbonyl (C=O) groups is 1. The summed E-state index contributed by atoms with van der Waals surface area (Å²) in [6, 6.07) is 5.15. The molecule has 1 rings (SSSR count). The monoisotopic (exact) mass is 283 g/mol. The molecule has 0 atom stereocenters. The molecule has 0 aliphatic rings. The zero-order valence-electron chi connectivity index (χ0n) is 11.9. The van der Waals surface area contributed by atoms with E-state index in [1.807, 2.05) is 7.05 Å². The van der Waals surface area contributed by atoms with Crippen molar-refractivity contribution in [2.45, 2.75) is 26.2 Å². The summed E-state index contributed by atoms with van der Waals surface area (Å²) in [7, 11) is 3.53. The van der Waals surface area contributed by atoms with E-state index in [1.165, 1.54) is 12.8 Å². The summed E-state index contributed by atoms with van der Waals surface area (Å²) in [5.41, 5.74) is 0.633. The van der Waals surface area contributed by atoms with Crippen molar-refractivity contribution in [3.63, 3.8) is 0 Å². The van der Waals surface area contributed by atoms with Crippen LogP contribution in [-0.2, 0) is 0 Å². The number of halogens is 1. The van der Waals surface area contributed by atoms with Gasteiger partial charge < -0.3 is 4.74 Å². The number of nitrogens with zero attached hydrogens (tertiary/aromatic N) is 1. The van der Waals surface area contributed by atoms with E-state index in [9.17, 15) is 4.79 Å². The van der Waals surface area contributed by atoms with Crippen molar-refractivity contribution in [2.75, 3.05) is 27.2 Å². The molecule has 106 valence electrons. The van der Waals surface area contributed by atoms with E-state index in [2.05, 4.69) is 11.8 Å². The van der Waals surface area contributed by atoms with E-state index in [1.54, 1.807) is 25.3 Å². The van der Waals surface area contributed by atoms with Gasteiger partial charge in [0, 0.05) is 5.56 Å². The molecule has 0 fully saturated rings. The first-order valence-corrected chi connectivity index (χ1v) is 7.01. The number of likely N-dealkylation sites (N-methyl/N-ethyl adjacent to an activating group) is 1. The average molecular weight is 284 g/mol. The van der Waals surface area contributed by atoms with Crippen molar-refractivity contribution in [3.8, 4) is 5.75 Å². The molecule has 0 aromatic heterocycles. The number of hydrogen-bond donors (Lipinski definition) is 0. The molecular formula is C15H22ClNO2. The van der Waals surface area contributed by atoms with Gasteiger partial charge in [0.15, 0.2) is 5.78 Å². The Morgan fingerprint density at radius 1 is 1.37 bits per heavy atom. The van der Waals surface area contributed by atoms with Gasteiger partial charge in [-0.25, -0.2) is 0 Å². The quantitative estimate of drug-likeness (QED) is 0.539. The highest BCUT2D eigenvalue weighted by atomic mass is 35.5. The van der Waals surface area contributed by atoms with Crippen LogP contribution in [0.5, 0.6) is 5.75 Å². The summed E-state index contributed by atoms with van der Waals surface area (Å²) in [5, 5.41) is 0.474. The molecular weight excluding hydrogens is 262 g/mol. The van der Waals surface area contributed by atoms with Crippen molar-refractivity contribution in [3.05, 3.63) is 28.8 Å². The van der Waals surface area contributed by atoms with Crippen molar-refractivity contribution in [1.29, 1.82) is 0 Å². The van der Waals surface area contributed by atoms with Crippen LogP contribution in [0.25, 0.3) is 0 Å². The Hall–Kier alpha value is -1.06. The highest BCUT2D eigenvalue weighted by molar-refractivity contribution is 6.32. The Morgan fingerprint density at radius 3 is 2.68 bits per heavy atom. The van der Waals surface area contributed by atoms with Crippen molar-refractivity contribution in [1.82, 2.24) is 4.90 Å². The second-order valence-corrected chi connectivity index (χ2v) is 5.12. The van der Waals surface area contributed by atoms with E-state index >= 15 is 0 Å². The number of ketones is 1. The lowest BCUT2D eigenvalue weighted by molar-refractivity contribution is 0.0945. The smallest absolute Gasteiger partial charge is 0.176 e. The maximum atomic E-state index is 12.1.